The Hall–Kier alpha value is -0.340. The van der Waals surface area contributed by atoms with Gasteiger partial charge in [-0.05, 0) is 30.2 Å². The Morgan fingerprint density at radius 3 is 3.07 bits per heavy atom. The van der Waals surface area contributed by atoms with E-state index in [4.69, 9.17) is 0 Å². The lowest BCUT2D eigenvalue weighted by atomic mass is 9.73. The molecule has 1 aliphatic carbocycles. The smallest absolute Gasteiger partial charge is 0.102 e. The highest BCUT2D eigenvalue weighted by molar-refractivity contribution is 7.10. The van der Waals surface area contributed by atoms with E-state index in [0.717, 1.165) is 12.8 Å². The van der Waals surface area contributed by atoms with Gasteiger partial charge in [-0.25, -0.2) is 0 Å². The zero-order valence-electron chi connectivity index (χ0n) is 8.70. The highest BCUT2D eigenvalue weighted by atomic mass is 32.1. The molecule has 1 aromatic rings. The van der Waals surface area contributed by atoms with Crippen LogP contribution in [-0.2, 0) is 5.60 Å². The first-order valence-electron chi connectivity index (χ1n) is 5.53. The second kappa shape index (κ2) is 4.03. The third kappa shape index (κ3) is 1.61. The van der Waals surface area contributed by atoms with Crippen molar-refractivity contribution < 1.29 is 5.11 Å². The molecule has 0 radical (unpaired) electrons. The molecule has 1 nitrogen and oxygen atoms in total. The molecule has 1 heterocycles. The Balaban J connectivity index is 2.27. The van der Waals surface area contributed by atoms with Gasteiger partial charge in [0.05, 0.1) is 0 Å². The summed E-state index contributed by atoms with van der Waals surface area (Å²) in [7, 11) is 0. The highest BCUT2D eigenvalue weighted by Gasteiger charge is 2.39. The summed E-state index contributed by atoms with van der Waals surface area (Å²) in [5.41, 5.74) is -0.513. The van der Waals surface area contributed by atoms with Crippen molar-refractivity contribution in [3.63, 3.8) is 0 Å². The van der Waals surface area contributed by atoms with Gasteiger partial charge in [0, 0.05) is 4.88 Å². The summed E-state index contributed by atoms with van der Waals surface area (Å²) in [5.74, 6) is 0.467. The second-order valence-electron chi connectivity index (χ2n) is 4.25. The lowest BCUT2D eigenvalue weighted by Crippen LogP contribution is -2.36. The normalized spacial score (nSPS) is 33.1. The van der Waals surface area contributed by atoms with Crippen LogP contribution >= 0.6 is 11.3 Å². The van der Waals surface area contributed by atoms with E-state index < -0.39 is 5.60 Å². The van der Waals surface area contributed by atoms with E-state index in [9.17, 15) is 5.11 Å². The Labute approximate surface area is 89.8 Å². The van der Waals surface area contributed by atoms with Crippen molar-refractivity contribution in [2.75, 3.05) is 0 Å². The van der Waals surface area contributed by atoms with Gasteiger partial charge >= 0.3 is 0 Å². The predicted molar refractivity (Wildman–Crippen MR) is 60.5 cm³/mol. The fraction of sp³-hybridized carbons (Fsp3) is 0.667. The van der Waals surface area contributed by atoms with Gasteiger partial charge in [0.2, 0.25) is 0 Å². The minimum absolute atomic E-state index is 0.467. The molecule has 2 rings (SSSR count). The van der Waals surface area contributed by atoms with E-state index in [1.807, 2.05) is 6.07 Å². The fourth-order valence-electron chi connectivity index (χ4n) is 2.62. The number of hydrogen-bond acceptors (Lipinski definition) is 2. The molecule has 1 saturated carbocycles. The number of hydrogen-bond donors (Lipinski definition) is 1. The summed E-state index contributed by atoms with van der Waals surface area (Å²) < 4.78 is 0. The lowest BCUT2D eigenvalue weighted by molar-refractivity contribution is -0.0526. The molecule has 0 aromatic carbocycles. The molecule has 0 bridgehead atoms. The molecule has 1 N–H and O–H groups in total. The molecule has 1 aliphatic rings. The Bertz CT molecular complexity index is 281. The van der Waals surface area contributed by atoms with Gasteiger partial charge in [0.15, 0.2) is 0 Å². The summed E-state index contributed by atoms with van der Waals surface area (Å²) in [4.78, 5) is 1.17. The van der Waals surface area contributed by atoms with Crippen LogP contribution in [0.15, 0.2) is 17.5 Å². The van der Waals surface area contributed by atoms with Crippen molar-refractivity contribution in [3.8, 4) is 0 Å². The monoisotopic (exact) mass is 210 g/mol. The quantitative estimate of drug-likeness (QED) is 0.791. The lowest BCUT2D eigenvalue weighted by Gasteiger charge is -2.39. The van der Waals surface area contributed by atoms with E-state index in [0.29, 0.717) is 5.92 Å². The van der Waals surface area contributed by atoms with Crippen molar-refractivity contribution in [3.05, 3.63) is 22.4 Å². The van der Waals surface area contributed by atoms with Crippen molar-refractivity contribution in [2.45, 2.75) is 44.6 Å². The molecule has 0 saturated heterocycles. The van der Waals surface area contributed by atoms with Crippen LogP contribution in [0, 0.1) is 5.92 Å². The summed E-state index contributed by atoms with van der Waals surface area (Å²) >= 11 is 1.70. The Morgan fingerprint density at radius 2 is 2.43 bits per heavy atom. The molecule has 0 aliphatic heterocycles. The van der Waals surface area contributed by atoms with Crippen LogP contribution in [0.2, 0.25) is 0 Å². The average Bonchev–Trinajstić information content (AvgIpc) is 2.72. The molecule has 0 amide bonds. The van der Waals surface area contributed by atoms with Gasteiger partial charge in [-0.2, -0.15) is 0 Å². The molecule has 2 unspecified atom stereocenters. The molecular formula is C12H18OS. The van der Waals surface area contributed by atoms with Gasteiger partial charge < -0.3 is 5.11 Å². The third-order valence-electron chi connectivity index (χ3n) is 3.48. The van der Waals surface area contributed by atoms with Crippen LogP contribution in [0.5, 0.6) is 0 Å². The summed E-state index contributed by atoms with van der Waals surface area (Å²) in [5, 5.41) is 12.8. The maximum Gasteiger partial charge on any atom is 0.102 e. The zero-order chi connectivity index (χ0) is 10.0. The van der Waals surface area contributed by atoms with Gasteiger partial charge in [-0.1, -0.05) is 32.3 Å². The van der Waals surface area contributed by atoms with Crippen molar-refractivity contribution in [1.82, 2.24) is 0 Å². The van der Waals surface area contributed by atoms with E-state index in [1.165, 1.54) is 24.1 Å². The Morgan fingerprint density at radius 1 is 1.57 bits per heavy atom. The largest absolute Gasteiger partial charge is 0.384 e. The third-order valence-corrected chi connectivity index (χ3v) is 4.51. The minimum Gasteiger partial charge on any atom is -0.384 e. The maximum absolute atomic E-state index is 10.7. The molecular weight excluding hydrogens is 192 g/mol. The van der Waals surface area contributed by atoms with Gasteiger partial charge in [-0.3, -0.25) is 0 Å². The van der Waals surface area contributed by atoms with Gasteiger partial charge in [-0.15, -0.1) is 11.3 Å². The summed E-state index contributed by atoms with van der Waals surface area (Å²) in [6, 6.07) is 4.12. The molecule has 1 fully saturated rings. The van der Waals surface area contributed by atoms with Crippen LogP contribution in [0.1, 0.15) is 43.9 Å². The van der Waals surface area contributed by atoms with Crippen molar-refractivity contribution in [2.24, 2.45) is 5.92 Å². The SMILES string of the molecule is CCC1CCCCC1(O)c1cccs1. The number of thiophene rings is 1. The van der Waals surface area contributed by atoms with Crippen molar-refractivity contribution in [1.29, 1.82) is 0 Å². The standard InChI is InChI=1S/C12H18OS/c1-2-10-6-3-4-8-12(10,13)11-7-5-9-14-11/h5,7,9-10,13H,2-4,6,8H2,1H3. The average molecular weight is 210 g/mol. The molecule has 1 aromatic heterocycles. The number of rotatable bonds is 2. The summed E-state index contributed by atoms with van der Waals surface area (Å²) in [6.07, 6.45) is 5.68. The van der Waals surface area contributed by atoms with Gasteiger partial charge in [0.25, 0.3) is 0 Å². The number of aliphatic hydroxyl groups is 1. The van der Waals surface area contributed by atoms with Gasteiger partial charge in [0.1, 0.15) is 5.60 Å². The zero-order valence-corrected chi connectivity index (χ0v) is 9.52. The first-order valence-corrected chi connectivity index (χ1v) is 6.41. The highest BCUT2D eigenvalue weighted by Crippen LogP contribution is 2.44. The Kier molecular flexibility index (Phi) is 2.93. The second-order valence-corrected chi connectivity index (χ2v) is 5.20. The summed E-state index contributed by atoms with van der Waals surface area (Å²) in [6.45, 7) is 2.19. The maximum atomic E-state index is 10.7. The first kappa shape index (κ1) is 10.2. The van der Waals surface area contributed by atoms with E-state index in [2.05, 4.69) is 18.4 Å². The minimum atomic E-state index is -0.513. The van der Waals surface area contributed by atoms with Crippen LogP contribution in [-0.4, -0.2) is 5.11 Å². The van der Waals surface area contributed by atoms with Crippen LogP contribution < -0.4 is 0 Å². The van der Waals surface area contributed by atoms with Crippen LogP contribution in [0.25, 0.3) is 0 Å². The molecule has 14 heavy (non-hydrogen) atoms. The van der Waals surface area contributed by atoms with E-state index in [1.54, 1.807) is 11.3 Å². The fourth-order valence-corrected chi connectivity index (χ4v) is 3.55. The molecule has 2 heteroatoms. The van der Waals surface area contributed by atoms with E-state index in [-0.39, 0.29) is 0 Å². The first-order chi connectivity index (χ1) is 6.77. The van der Waals surface area contributed by atoms with Crippen LogP contribution in [0.3, 0.4) is 0 Å². The van der Waals surface area contributed by atoms with Crippen LogP contribution in [0.4, 0.5) is 0 Å². The van der Waals surface area contributed by atoms with E-state index >= 15 is 0 Å². The molecule has 2 atom stereocenters. The topological polar surface area (TPSA) is 20.2 Å². The molecule has 0 spiro atoms. The molecule has 78 valence electrons. The van der Waals surface area contributed by atoms with Crippen molar-refractivity contribution >= 4 is 11.3 Å². The predicted octanol–water partition coefficient (Wildman–Crippen LogP) is 3.54.